The lowest BCUT2D eigenvalue weighted by molar-refractivity contribution is -0.137. The summed E-state index contributed by atoms with van der Waals surface area (Å²) >= 11 is 5.97. The summed E-state index contributed by atoms with van der Waals surface area (Å²) < 4.78 is 44.1. The first-order valence-corrected chi connectivity index (χ1v) is 8.70. The number of rotatable bonds is 5. The van der Waals surface area contributed by atoms with Crippen LogP contribution in [0.3, 0.4) is 0 Å². The molecule has 5 nitrogen and oxygen atoms in total. The minimum absolute atomic E-state index is 0.0114. The van der Waals surface area contributed by atoms with Crippen molar-refractivity contribution < 1.29 is 22.7 Å². The first-order chi connectivity index (χ1) is 12.8. The van der Waals surface area contributed by atoms with Crippen LogP contribution in [0.25, 0.3) is 0 Å². The van der Waals surface area contributed by atoms with E-state index in [1.54, 1.807) is 0 Å². The topological polar surface area (TPSA) is 63.2 Å². The smallest absolute Gasteiger partial charge is 0.376 e. The lowest BCUT2D eigenvalue weighted by atomic mass is 10.2. The highest BCUT2D eigenvalue weighted by Gasteiger charge is 2.31. The standard InChI is InChI=1S/C18H17ClF3N3O2/c19-14-4-3-12(18(20,21)22)9-15(14)25-16-8-11(5-6-23-16)17(26)24-10-13-2-1-7-27-13/h3-6,8-9,13H,1-2,7,10H2,(H,23,25)(H,24,26). The number of carbonyl (C=O) groups is 1. The number of nitrogens with zero attached hydrogens (tertiary/aromatic N) is 1. The van der Waals surface area contributed by atoms with E-state index in [9.17, 15) is 18.0 Å². The number of amides is 1. The average molecular weight is 400 g/mol. The summed E-state index contributed by atoms with van der Waals surface area (Å²) in [6.45, 7) is 1.10. The van der Waals surface area contributed by atoms with E-state index in [-0.39, 0.29) is 28.5 Å². The molecule has 1 aromatic carbocycles. The lowest BCUT2D eigenvalue weighted by Gasteiger charge is -2.13. The number of alkyl halides is 3. The average Bonchev–Trinajstić information content (AvgIpc) is 3.14. The largest absolute Gasteiger partial charge is 0.416 e. The predicted octanol–water partition coefficient (Wildman–Crippen LogP) is 4.41. The third kappa shape index (κ3) is 5.11. The van der Waals surface area contributed by atoms with Crippen LogP contribution in [0.15, 0.2) is 36.5 Å². The molecule has 1 saturated heterocycles. The molecule has 1 aromatic heterocycles. The maximum atomic E-state index is 12.9. The number of hydrogen-bond donors (Lipinski definition) is 2. The van der Waals surface area contributed by atoms with Crippen LogP contribution < -0.4 is 10.6 Å². The fourth-order valence-electron chi connectivity index (χ4n) is 2.69. The Morgan fingerprint density at radius 1 is 1.30 bits per heavy atom. The van der Waals surface area contributed by atoms with E-state index < -0.39 is 11.7 Å². The Morgan fingerprint density at radius 2 is 2.11 bits per heavy atom. The summed E-state index contributed by atoms with van der Waals surface area (Å²) in [5.41, 5.74) is -0.454. The Hall–Kier alpha value is -2.32. The van der Waals surface area contributed by atoms with Gasteiger partial charge in [0.1, 0.15) is 5.82 Å². The molecule has 0 radical (unpaired) electrons. The maximum Gasteiger partial charge on any atom is 0.416 e. The molecule has 2 aromatic rings. The summed E-state index contributed by atoms with van der Waals surface area (Å²) in [5, 5.41) is 5.62. The summed E-state index contributed by atoms with van der Waals surface area (Å²) in [6, 6.07) is 5.92. The molecule has 1 aliphatic rings. The van der Waals surface area contributed by atoms with E-state index in [2.05, 4.69) is 15.6 Å². The highest BCUT2D eigenvalue weighted by molar-refractivity contribution is 6.33. The number of ether oxygens (including phenoxy) is 1. The SMILES string of the molecule is O=C(NCC1CCCO1)c1ccnc(Nc2cc(C(F)(F)F)ccc2Cl)c1. The van der Waals surface area contributed by atoms with Gasteiger partial charge in [-0.3, -0.25) is 4.79 Å². The van der Waals surface area contributed by atoms with Gasteiger partial charge in [-0.25, -0.2) is 4.98 Å². The summed E-state index contributed by atoms with van der Waals surface area (Å²) in [5.74, 6) is -0.105. The molecule has 144 valence electrons. The summed E-state index contributed by atoms with van der Waals surface area (Å²) in [4.78, 5) is 16.3. The van der Waals surface area contributed by atoms with Crippen LogP contribution in [0, 0.1) is 0 Å². The lowest BCUT2D eigenvalue weighted by Crippen LogP contribution is -2.31. The van der Waals surface area contributed by atoms with E-state index in [1.165, 1.54) is 18.3 Å². The molecular weight excluding hydrogens is 383 g/mol. The Kier molecular flexibility index (Phi) is 5.86. The van der Waals surface area contributed by atoms with Crippen molar-refractivity contribution in [1.29, 1.82) is 0 Å². The van der Waals surface area contributed by atoms with Crippen LogP contribution in [0.2, 0.25) is 5.02 Å². The van der Waals surface area contributed by atoms with Gasteiger partial charge in [0.05, 0.1) is 22.4 Å². The number of carbonyl (C=O) groups excluding carboxylic acids is 1. The van der Waals surface area contributed by atoms with Crippen molar-refractivity contribution in [2.45, 2.75) is 25.1 Å². The molecule has 2 heterocycles. The normalized spacial score (nSPS) is 17.0. The molecule has 0 aliphatic carbocycles. The summed E-state index contributed by atoms with van der Waals surface area (Å²) in [7, 11) is 0. The van der Waals surface area contributed by atoms with E-state index in [0.717, 1.165) is 31.0 Å². The molecule has 0 spiro atoms. The second kappa shape index (κ2) is 8.14. The maximum absolute atomic E-state index is 12.9. The van der Waals surface area contributed by atoms with Gasteiger partial charge in [0.25, 0.3) is 5.91 Å². The van der Waals surface area contributed by atoms with Gasteiger partial charge >= 0.3 is 6.18 Å². The molecule has 1 aliphatic heterocycles. The van der Waals surface area contributed by atoms with Crippen LogP contribution in [-0.2, 0) is 10.9 Å². The molecular formula is C18H17ClF3N3O2. The van der Waals surface area contributed by atoms with Crippen molar-refractivity contribution in [1.82, 2.24) is 10.3 Å². The quantitative estimate of drug-likeness (QED) is 0.782. The molecule has 0 saturated carbocycles. The molecule has 9 heteroatoms. The number of anilines is 2. The van der Waals surface area contributed by atoms with E-state index in [0.29, 0.717) is 18.7 Å². The van der Waals surface area contributed by atoms with Crippen molar-refractivity contribution in [3.63, 3.8) is 0 Å². The van der Waals surface area contributed by atoms with Gasteiger partial charge in [0.15, 0.2) is 0 Å². The number of hydrogen-bond acceptors (Lipinski definition) is 4. The zero-order valence-corrected chi connectivity index (χ0v) is 14.9. The Bertz CT molecular complexity index is 824. The second-order valence-corrected chi connectivity index (χ2v) is 6.50. The first kappa shape index (κ1) is 19.4. The van der Waals surface area contributed by atoms with Gasteiger partial charge in [-0.05, 0) is 43.2 Å². The number of pyridine rings is 1. The van der Waals surface area contributed by atoms with Crippen LogP contribution in [-0.4, -0.2) is 30.1 Å². The highest BCUT2D eigenvalue weighted by Crippen LogP contribution is 2.34. The Morgan fingerprint density at radius 3 is 2.81 bits per heavy atom. The van der Waals surface area contributed by atoms with Crippen molar-refractivity contribution in [3.05, 3.63) is 52.7 Å². The number of nitrogens with one attached hydrogen (secondary N) is 2. The van der Waals surface area contributed by atoms with Gasteiger partial charge in [0, 0.05) is 24.9 Å². The zero-order valence-electron chi connectivity index (χ0n) is 14.1. The number of halogens is 4. The monoisotopic (exact) mass is 399 g/mol. The van der Waals surface area contributed by atoms with Crippen LogP contribution in [0.1, 0.15) is 28.8 Å². The van der Waals surface area contributed by atoms with Crippen molar-refractivity contribution in [3.8, 4) is 0 Å². The predicted molar refractivity (Wildman–Crippen MR) is 95.3 cm³/mol. The third-order valence-electron chi connectivity index (χ3n) is 4.09. The van der Waals surface area contributed by atoms with Crippen LogP contribution in [0.4, 0.5) is 24.7 Å². The van der Waals surface area contributed by atoms with Gasteiger partial charge in [-0.15, -0.1) is 0 Å². The van der Waals surface area contributed by atoms with Crippen molar-refractivity contribution >= 4 is 29.0 Å². The van der Waals surface area contributed by atoms with Crippen LogP contribution >= 0.6 is 11.6 Å². The Labute approximate surface area is 158 Å². The van der Waals surface area contributed by atoms with E-state index >= 15 is 0 Å². The van der Waals surface area contributed by atoms with E-state index in [4.69, 9.17) is 16.3 Å². The molecule has 1 atom stereocenters. The second-order valence-electron chi connectivity index (χ2n) is 6.09. The number of benzene rings is 1. The molecule has 1 unspecified atom stereocenters. The Balaban J connectivity index is 1.71. The molecule has 27 heavy (non-hydrogen) atoms. The van der Waals surface area contributed by atoms with Gasteiger partial charge < -0.3 is 15.4 Å². The van der Waals surface area contributed by atoms with Crippen LogP contribution in [0.5, 0.6) is 0 Å². The molecule has 3 rings (SSSR count). The van der Waals surface area contributed by atoms with Gasteiger partial charge in [0.2, 0.25) is 0 Å². The minimum Gasteiger partial charge on any atom is -0.376 e. The molecule has 0 bridgehead atoms. The first-order valence-electron chi connectivity index (χ1n) is 8.32. The molecule has 1 fully saturated rings. The molecule has 2 N–H and O–H groups in total. The highest BCUT2D eigenvalue weighted by atomic mass is 35.5. The fraction of sp³-hybridized carbons (Fsp3) is 0.333. The van der Waals surface area contributed by atoms with Gasteiger partial charge in [-0.1, -0.05) is 11.6 Å². The minimum atomic E-state index is -4.49. The van der Waals surface area contributed by atoms with Gasteiger partial charge in [-0.2, -0.15) is 13.2 Å². The fourth-order valence-corrected chi connectivity index (χ4v) is 2.85. The number of aromatic nitrogens is 1. The molecule has 1 amide bonds. The summed E-state index contributed by atoms with van der Waals surface area (Å²) in [6.07, 6.45) is -1.21. The van der Waals surface area contributed by atoms with Crippen molar-refractivity contribution in [2.75, 3.05) is 18.5 Å². The van der Waals surface area contributed by atoms with Crippen molar-refractivity contribution in [2.24, 2.45) is 0 Å². The van der Waals surface area contributed by atoms with E-state index in [1.807, 2.05) is 0 Å². The zero-order chi connectivity index (χ0) is 19.4. The third-order valence-corrected chi connectivity index (χ3v) is 4.42.